The van der Waals surface area contributed by atoms with Gasteiger partial charge >= 0.3 is 17.9 Å². The zero-order chi connectivity index (χ0) is 27.2. The average molecular weight is 521 g/mol. The van der Waals surface area contributed by atoms with E-state index in [1.54, 1.807) is 27.7 Å². The zero-order valence-electron chi connectivity index (χ0n) is 21.4. The molecule has 0 radical (unpaired) electrons. The van der Waals surface area contributed by atoms with Crippen molar-refractivity contribution < 1.29 is 53.1 Å². The summed E-state index contributed by atoms with van der Waals surface area (Å²) in [6, 6.07) is 0. The molecule has 11 atom stereocenters. The maximum Gasteiger partial charge on any atom is 0.348 e. The number of rotatable bonds is 3. The minimum atomic E-state index is -2.22. The summed E-state index contributed by atoms with van der Waals surface area (Å²) < 4.78 is 22.5. The third-order valence-corrected chi connectivity index (χ3v) is 9.69. The number of aliphatic hydroxyl groups excluding tert-OH is 2. The van der Waals surface area contributed by atoms with Gasteiger partial charge in [0.15, 0.2) is 5.78 Å². The van der Waals surface area contributed by atoms with E-state index in [0.717, 1.165) is 7.11 Å². The highest BCUT2D eigenvalue weighted by Gasteiger charge is 2.85. The van der Waals surface area contributed by atoms with E-state index in [1.807, 2.05) is 0 Å². The minimum Gasteiger partial charge on any atom is -0.467 e. The fourth-order valence-electron chi connectivity index (χ4n) is 8.45. The van der Waals surface area contributed by atoms with Gasteiger partial charge in [-0.1, -0.05) is 19.4 Å². The first kappa shape index (κ1) is 26.0. The maximum atomic E-state index is 13.4. The van der Waals surface area contributed by atoms with Gasteiger partial charge < -0.3 is 29.2 Å². The number of carbonyl (C=O) groups excluding carboxylic acids is 5. The van der Waals surface area contributed by atoms with Crippen molar-refractivity contribution in [1.29, 1.82) is 0 Å². The van der Waals surface area contributed by atoms with E-state index in [-0.39, 0.29) is 19.4 Å². The van der Waals surface area contributed by atoms with Crippen molar-refractivity contribution in [1.82, 2.24) is 0 Å². The Morgan fingerprint density at radius 3 is 2.43 bits per heavy atom. The molecule has 202 valence electrons. The third-order valence-electron chi connectivity index (χ3n) is 9.69. The number of ketones is 2. The Bertz CT molecular complexity index is 1120. The molecule has 0 amide bonds. The van der Waals surface area contributed by atoms with Gasteiger partial charge in [-0.3, -0.25) is 9.59 Å². The molecule has 2 saturated heterocycles. The van der Waals surface area contributed by atoms with Crippen LogP contribution in [0.3, 0.4) is 0 Å². The Kier molecular flexibility index (Phi) is 5.75. The summed E-state index contributed by atoms with van der Waals surface area (Å²) in [5.41, 5.74) is -3.92. The number of ether oxygens (including phenoxy) is 4. The molecule has 5 rings (SSSR count). The van der Waals surface area contributed by atoms with E-state index in [1.165, 1.54) is 6.08 Å². The Morgan fingerprint density at radius 2 is 1.81 bits per heavy atom. The van der Waals surface area contributed by atoms with E-state index in [2.05, 4.69) is 0 Å². The van der Waals surface area contributed by atoms with Crippen LogP contribution in [0.1, 0.15) is 40.5 Å². The number of Topliss-reactive ketones (excluding diaryl/α,β-unsaturated/α-hetero) is 2. The fraction of sp³-hybridized carbons (Fsp3) is 0.731. The number of carbonyl (C=O) groups is 5. The molecule has 5 aliphatic rings. The van der Waals surface area contributed by atoms with Crippen molar-refractivity contribution in [3.8, 4) is 0 Å². The number of hydrogen-bond acceptors (Lipinski definition) is 11. The van der Waals surface area contributed by atoms with Crippen LogP contribution in [0, 0.1) is 34.5 Å². The van der Waals surface area contributed by atoms with Crippen LogP contribution in [0.15, 0.2) is 11.6 Å². The van der Waals surface area contributed by atoms with Crippen molar-refractivity contribution in [2.24, 2.45) is 34.5 Å². The van der Waals surface area contributed by atoms with Gasteiger partial charge in [-0.05, 0) is 31.6 Å². The summed E-state index contributed by atoms with van der Waals surface area (Å²) in [5, 5.41) is 23.1. The molecule has 1 spiro atoms. The molecule has 2 N–H and O–H groups in total. The van der Waals surface area contributed by atoms with Crippen molar-refractivity contribution in [3.63, 3.8) is 0 Å². The Hall–Kier alpha value is -2.63. The second-order valence-corrected chi connectivity index (χ2v) is 11.7. The lowest BCUT2D eigenvalue weighted by Crippen LogP contribution is -2.79. The molecule has 1 unspecified atom stereocenters. The predicted octanol–water partition coefficient (Wildman–Crippen LogP) is -0.110. The molecule has 2 bridgehead atoms. The first-order chi connectivity index (χ1) is 17.3. The molecule has 3 saturated carbocycles. The van der Waals surface area contributed by atoms with Crippen LogP contribution in [0.4, 0.5) is 0 Å². The number of esters is 3. The van der Waals surface area contributed by atoms with Gasteiger partial charge in [0.25, 0.3) is 0 Å². The van der Waals surface area contributed by atoms with Gasteiger partial charge in [0.1, 0.15) is 12.2 Å². The van der Waals surface area contributed by atoms with Crippen molar-refractivity contribution >= 4 is 29.5 Å². The molecule has 2 aliphatic heterocycles. The molecule has 0 aromatic rings. The molecule has 5 fully saturated rings. The number of methoxy groups -OCH3 is 1. The topological polar surface area (TPSA) is 163 Å². The summed E-state index contributed by atoms with van der Waals surface area (Å²) in [6.45, 7) is 6.53. The van der Waals surface area contributed by atoms with E-state index in [4.69, 9.17) is 18.9 Å². The van der Waals surface area contributed by atoms with Gasteiger partial charge in [-0.15, -0.1) is 0 Å². The number of allylic oxidation sites excluding steroid dienone is 1. The molecule has 37 heavy (non-hydrogen) atoms. The van der Waals surface area contributed by atoms with Crippen molar-refractivity contribution in [2.45, 2.75) is 70.6 Å². The lowest BCUT2D eigenvalue weighted by molar-refractivity contribution is -0.295. The van der Waals surface area contributed by atoms with Crippen LogP contribution in [0.25, 0.3) is 0 Å². The minimum absolute atomic E-state index is 0.174. The molecule has 11 heteroatoms. The normalized spacial score (nSPS) is 47.8. The summed E-state index contributed by atoms with van der Waals surface area (Å²) in [4.78, 5) is 64.8. The zero-order valence-corrected chi connectivity index (χ0v) is 21.4. The monoisotopic (exact) mass is 520 g/mol. The first-order valence-electron chi connectivity index (χ1n) is 12.5. The summed E-state index contributed by atoms with van der Waals surface area (Å²) in [7, 11) is 1.09. The van der Waals surface area contributed by atoms with Crippen LogP contribution < -0.4 is 0 Å². The molecule has 0 aromatic carbocycles. The smallest absolute Gasteiger partial charge is 0.348 e. The molecule has 11 nitrogen and oxygen atoms in total. The SMILES string of the molecule is COC(=O)[C@]12OC[C@]34[C@H]([C@@H](O)[C@@H]1O)[C@@]1(C)CC(=O)C(=O)C(C)[C@@H]1C[C@H]3OC(=O)[C@H](OC(=O)C=C(C)C)[C@@H]24. The van der Waals surface area contributed by atoms with Crippen molar-refractivity contribution in [2.75, 3.05) is 13.7 Å². The quantitative estimate of drug-likeness (QED) is 0.221. The molecule has 3 aliphatic carbocycles. The molecular formula is C26H32O11. The van der Waals surface area contributed by atoms with Gasteiger partial charge in [-0.2, -0.15) is 0 Å². The summed E-state index contributed by atoms with van der Waals surface area (Å²) in [5.74, 6) is -7.24. The molecular weight excluding hydrogens is 488 g/mol. The van der Waals surface area contributed by atoms with Crippen LogP contribution in [0.2, 0.25) is 0 Å². The molecule has 0 aromatic heterocycles. The molecule has 2 heterocycles. The van der Waals surface area contributed by atoms with Gasteiger partial charge in [-0.25, -0.2) is 14.4 Å². The second-order valence-electron chi connectivity index (χ2n) is 11.7. The number of aliphatic hydroxyl groups is 2. The van der Waals surface area contributed by atoms with E-state index < -0.39 is 94.0 Å². The maximum absolute atomic E-state index is 13.4. The lowest BCUT2D eigenvalue weighted by Gasteiger charge is -2.67. The summed E-state index contributed by atoms with van der Waals surface area (Å²) in [6.07, 6.45) is -4.87. The van der Waals surface area contributed by atoms with Crippen LogP contribution in [-0.4, -0.2) is 83.4 Å². The van der Waals surface area contributed by atoms with E-state index >= 15 is 0 Å². The lowest BCUT2D eigenvalue weighted by atomic mass is 9.37. The first-order valence-corrected chi connectivity index (χ1v) is 12.5. The highest BCUT2D eigenvalue weighted by Crippen LogP contribution is 2.72. The van der Waals surface area contributed by atoms with Crippen LogP contribution >= 0.6 is 0 Å². The number of fused-ring (bicyclic) bond motifs is 2. The van der Waals surface area contributed by atoms with Gasteiger partial charge in [0.2, 0.25) is 17.5 Å². The average Bonchev–Trinajstić information content (AvgIpc) is 3.12. The Balaban J connectivity index is 1.73. The Morgan fingerprint density at radius 1 is 1.14 bits per heavy atom. The van der Waals surface area contributed by atoms with Gasteiger partial charge in [0, 0.05) is 29.7 Å². The fourth-order valence-corrected chi connectivity index (χ4v) is 8.45. The largest absolute Gasteiger partial charge is 0.467 e. The highest BCUT2D eigenvalue weighted by molar-refractivity contribution is 6.38. The van der Waals surface area contributed by atoms with Crippen molar-refractivity contribution in [3.05, 3.63) is 11.6 Å². The summed E-state index contributed by atoms with van der Waals surface area (Å²) >= 11 is 0. The van der Waals surface area contributed by atoms with E-state index in [9.17, 15) is 34.2 Å². The van der Waals surface area contributed by atoms with Crippen LogP contribution in [-0.2, 0) is 42.9 Å². The van der Waals surface area contributed by atoms with E-state index in [0.29, 0.717) is 5.57 Å². The van der Waals surface area contributed by atoms with Crippen LogP contribution in [0.5, 0.6) is 0 Å². The second kappa shape index (κ2) is 8.18. The Labute approximate surface area is 213 Å². The third kappa shape index (κ3) is 3.07. The standard InChI is InChI=1S/C26H32O11/c1-10(2)6-15(28)37-18-20-25-9-35-26(20,23(33)34-5)21(31)17(30)19(25)24(4)8-13(27)16(29)11(3)12(24)7-14(25)36-22(18)32/h6,11-12,14,17-21,30-31H,7-9H2,1-5H3/t11?,12-,14+,17+,18+,19+,20+,21-,24-,25+,26+/m0/s1. The highest BCUT2D eigenvalue weighted by atomic mass is 16.6. The van der Waals surface area contributed by atoms with Gasteiger partial charge in [0.05, 0.1) is 25.7 Å². The number of hydrogen-bond donors (Lipinski definition) is 2. The predicted molar refractivity (Wildman–Crippen MR) is 121 cm³/mol.